The van der Waals surface area contributed by atoms with Gasteiger partial charge in [-0.25, -0.2) is 0 Å². The van der Waals surface area contributed by atoms with E-state index in [9.17, 15) is 0 Å². The minimum absolute atomic E-state index is 0.296. The first-order chi connectivity index (χ1) is 13.2. The smallest absolute Gasteiger partial charge is 0.0655 e. The highest BCUT2D eigenvalue weighted by Crippen LogP contribution is 2.34. The van der Waals surface area contributed by atoms with Crippen LogP contribution < -0.4 is 16.2 Å². The van der Waals surface area contributed by atoms with Gasteiger partial charge in [-0.15, -0.1) is 11.6 Å². The van der Waals surface area contributed by atoms with E-state index in [4.69, 9.17) is 16.9 Å². The zero-order valence-corrected chi connectivity index (χ0v) is 17.1. The molecule has 1 saturated carbocycles. The van der Waals surface area contributed by atoms with Crippen LogP contribution in [-0.2, 0) is 0 Å². The number of hydrazine groups is 1. The molecule has 4 unspecified atom stereocenters. The van der Waals surface area contributed by atoms with Crippen LogP contribution in [0.2, 0.25) is 0 Å². The van der Waals surface area contributed by atoms with Gasteiger partial charge in [-0.2, -0.15) is 5.26 Å². The van der Waals surface area contributed by atoms with Crippen molar-refractivity contribution in [1.29, 1.82) is 5.26 Å². The van der Waals surface area contributed by atoms with Crippen molar-refractivity contribution in [2.75, 3.05) is 45.8 Å². The van der Waals surface area contributed by atoms with Crippen LogP contribution in [-0.4, -0.2) is 73.2 Å². The molecule has 3 saturated heterocycles. The molecule has 27 heavy (non-hydrogen) atoms. The Morgan fingerprint density at radius 1 is 0.963 bits per heavy atom. The van der Waals surface area contributed by atoms with E-state index in [1.54, 1.807) is 0 Å². The van der Waals surface area contributed by atoms with Gasteiger partial charge in [0.25, 0.3) is 0 Å². The van der Waals surface area contributed by atoms with Crippen molar-refractivity contribution in [1.82, 2.24) is 26.0 Å². The molecule has 3 heterocycles. The topological polar surface area (TPSA) is 66.4 Å². The molecule has 1 aliphatic carbocycles. The van der Waals surface area contributed by atoms with Crippen molar-refractivity contribution in [2.24, 2.45) is 17.8 Å². The number of hydrogen-bond donors (Lipinski definition) is 3. The zero-order valence-electron chi connectivity index (χ0n) is 16.4. The molecule has 0 aromatic carbocycles. The van der Waals surface area contributed by atoms with Gasteiger partial charge in [-0.1, -0.05) is 0 Å². The van der Waals surface area contributed by atoms with E-state index in [2.05, 4.69) is 32.0 Å². The number of nitriles is 1. The van der Waals surface area contributed by atoms with Gasteiger partial charge in [0.1, 0.15) is 0 Å². The molecular weight excluding hydrogens is 360 g/mol. The summed E-state index contributed by atoms with van der Waals surface area (Å²) in [4.78, 5) is 5.28. The predicted octanol–water partition coefficient (Wildman–Crippen LogP) is 1.34. The highest BCUT2D eigenvalue weighted by atomic mass is 35.5. The fourth-order valence-electron chi connectivity index (χ4n) is 5.55. The molecule has 4 rings (SSSR count). The molecule has 0 amide bonds. The maximum Gasteiger partial charge on any atom is 0.0655 e. The van der Waals surface area contributed by atoms with Crippen LogP contribution in [0.4, 0.5) is 0 Å². The van der Waals surface area contributed by atoms with Gasteiger partial charge in [0.15, 0.2) is 0 Å². The Bertz CT molecular complexity index is 501. The van der Waals surface area contributed by atoms with Crippen LogP contribution in [0.3, 0.4) is 0 Å². The summed E-state index contributed by atoms with van der Waals surface area (Å²) in [5.74, 6) is 1.71. The molecule has 4 aliphatic rings. The molecule has 7 heteroatoms. The lowest BCUT2D eigenvalue weighted by molar-refractivity contribution is 0.0587. The monoisotopic (exact) mass is 394 g/mol. The Balaban J connectivity index is 1.22. The summed E-state index contributed by atoms with van der Waals surface area (Å²) >= 11 is 6.22. The first kappa shape index (κ1) is 19.9. The van der Waals surface area contributed by atoms with Gasteiger partial charge >= 0.3 is 0 Å². The van der Waals surface area contributed by atoms with Gasteiger partial charge in [0.2, 0.25) is 0 Å². The molecule has 0 bridgehead atoms. The SMILES string of the molecule is N#CC1CCC(C2NNCC2CN2CCN(C3CCC(Cl)CN3)CC2)CC1. The van der Waals surface area contributed by atoms with Crippen molar-refractivity contribution in [3.8, 4) is 6.07 Å². The normalized spacial score (nSPS) is 42.1. The highest BCUT2D eigenvalue weighted by Gasteiger charge is 2.37. The lowest BCUT2D eigenvalue weighted by atomic mass is 9.76. The number of piperidine rings is 1. The summed E-state index contributed by atoms with van der Waals surface area (Å²) < 4.78 is 0. The molecular formula is C20H35ClN6. The summed E-state index contributed by atoms with van der Waals surface area (Å²) in [7, 11) is 0. The van der Waals surface area contributed by atoms with Crippen molar-refractivity contribution in [3.05, 3.63) is 0 Å². The van der Waals surface area contributed by atoms with Crippen LogP contribution in [0.15, 0.2) is 0 Å². The molecule has 3 aliphatic heterocycles. The fourth-order valence-corrected chi connectivity index (χ4v) is 5.76. The van der Waals surface area contributed by atoms with Crippen LogP contribution in [0.25, 0.3) is 0 Å². The Morgan fingerprint density at radius 3 is 2.41 bits per heavy atom. The lowest BCUT2D eigenvalue weighted by Gasteiger charge is -2.43. The fraction of sp³-hybridized carbons (Fsp3) is 0.950. The summed E-state index contributed by atoms with van der Waals surface area (Å²) in [5.41, 5.74) is 7.00. The van der Waals surface area contributed by atoms with Gasteiger partial charge in [0, 0.05) is 69.1 Å². The summed E-state index contributed by atoms with van der Waals surface area (Å²) in [6, 6.07) is 3.04. The predicted molar refractivity (Wildman–Crippen MR) is 108 cm³/mol. The second-order valence-corrected chi connectivity index (χ2v) is 9.60. The average molecular weight is 395 g/mol. The molecule has 4 fully saturated rings. The molecule has 0 radical (unpaired) electrons. The van der Waals surface area contributed by atoms with Crippen molar-refractivity contribution >= 4 is 11.6 Å². The van der Waals surface area contributed by atoms with E-state index in [1.165, 1.54) is 38.9 Å². The van der Waals surface area contributed by atoms with Crippen LogP contribution >= 0.6 is 11.6 Å². The average Bonchev–Trinajstić information content (AvgIpc) is 3.17. The van der Waals surface area contributed by atoms with Crippen LogP contribution in [0, 0.1) is 29.1 Å². The number of halogens is 1. The third kappa shape index (κ3) is 4.95. The quantitative estimate of drug-likeness (QED) is 0.625. The molecule has 3 N–H and O–H groups in total. The van der Waals surface area contributed by atoms with E-state index in [1.807, 2.05) is 0 Å². The van der Waals surface area contributed by atoms with Crippen LogP contribution in [0.5, 0.6) is 0 Å². The van der Waals surface area contributed by atoms with Gasteiger partial charge in [-0.3, -0.25) is 15.8 Å². The van der Waals surface area contributed by atoms with Crippen molar-refractivity contribution < 1.29 is 0 Å². The third-order valence-corrected chi connectivity index (χ3v) is 7.64. The standard InChI is InChI=1S/C20H35ClN6/c21-18-5-6-19(23-13-18)27-9-7-26(8-10-27)14-17-12-24-25-20(17)16-3-1-15(11-22)2-4-16/h15-20,23-25H,1-10,12-14H2. The molecule has 4 atom stereocenters. The van der Waals surface area contributed by atoms with Crippen molar-refractivity contribution in [3.63, 3.8) is 0 Å². The van der Waals surface area contributed by atoms with Crippen molar-refractivity contribution in [2.45, 2.75) is 56.1 Å². The number of piperazine rings is 1. The molecule has 0 aromatic heterocycles. The molecule has 0 aromatic rings. The molecule has 0 spiro atoms. The van der Waals surface area contributed by atoms with Gasteiger partial charge < -0.3 is 10.2 Å². The Hall–Kier alpha value is -0.420. The minimum Gasteiger partial charge on any atom is -0.300 e. The summed E-state index contributed by atoms with van der Waals surface area (Å²) in [5, 5.41) is 13.1. The summed E-state index contributed by atoms with van der Waals surface area (Å²) in [6.45, 7) is 7.89. The van der Waals surface area contributed by atoms with E-state index in [-0.39, 0.29) is 0 Å². The Labute approximate surface area is 168 Å². The maximum absolute atomic E-state index is 9.14. The zero-order chi connectivity index (χ0) is 18.6. The largest absolute Gasteiger partial charge is 0.300 e. The molecule has 6 nitrogen and oxygen atoms in total. The van der Waals surface area contributed by atoms with Gasteiger partial charge in [-0.05, 0) is 44.4 Å². The summed E-state index contributed by atoms with van der Waals surface area (Å²) in [6.07, 6.45) is 7.42. The number of hydrogen-bond acceptors (Lipinski definition) is 6. The number of nitrogens with one attached hydrogen (secondary N) is 3. The second kappa shape index (κ2) is 9.39. The molecule has 152 valence electrons. The Kier molecular flexibility index (Phi) is 6.91. The third-order valence-electron chi connectivity index (χ3n) is 7.27. The van der Waals surface area contributed by atoms with E-state index < -0.39 is 0 Å². The number of nitrogens with zero attached hydrogens (tertiary/aromatic N) is 3. The second-order valence-electron chi connectivity index (χ2n) is 8.99. The number of rotatable bonds is 4. The highest BCUT2D eigenvalue weighted by molar-refractivity contribution is 6.20. The van der Waals surface area contributed by atoms with E-state index in [0.29, 0.717) is 29.4 Å². The lowest BCUT2D eigenvalue weighted by Crippen LogP contribution is -2.58. The maximum atomic E-state index is 9.14. The number of alkyl halides is 1. The Morgan fingerprint density at radius 2 is 1.74 bits per heavy atom. The van der Waals surface area contributed by atoms with Crippen LogP contribution in [0.1, 0.15) is 38.5 Å². The first-order valence-electron chi connectivity index (χ1n) is 10.9. The van der Waals surface area contributed by atoms with E-state index >= 15 is 0 Å². The van der Waals surface area contributed by atoms with E-state index in [0.717, 1.165) is 51.4 Å². The van der Waals surface area contributed by atoms with Gasteiger partial charge in [0.05, 0.1) is 12.2 Å². The minimum atomic E-state index is 0.296. The first-order valence-corrected chi connectivity index (χ1v) is 11.4.